The van der Waals surface area contributed by atoms with Crippen LogP contribution in [-0.2, 0) is 9.53 Å². The first-order valence-corrected chi connectivity index (χ1v) is 7.05. The molecule has 20 heavy (non-hydrogen) atoms. The molecule has 110 valence electrons. The van der Waals surface area contributed by atoms with E-state index in [1.54, 1.807) is 12.1 Å². The average molecular weight is 299 g/mol. The number of morpholine rings is 1. The van der Waals surface area contributed by atoms with E-state index in [-0.39, 0.29) is 12.0 Å². The highest BCUT2D eigenvalue weighted by Crippen LogP contribution is 2.18. The van der Waals surface area contributed by atoms with Gasteiger partial charge in [0.1, 0.15) is 18.0 Å². The number of hydrogen-bond donors (Lipinski definition) is 2. The maximum Gasteiger partial charge on any atom is 0.250 e. The van der Waals surface area contributed by atoms with E-state index in [1.165, 1.54) is 0 Å². The summed E-state index contributed by atoms with van der Waals surface area (Å²) in [7, 11) is 0. The van der Waals surface area contributed by atoms with Crippen LogP contribution in [0.5, 0.6) is 5.75 Å². The Morgan fingerprint density at radius 3 is 3.20 bits per heavy atom. The molecule has 1 aromatic rings. The van der Waals surface area contributed by atoms with Crippen molar-refractivity contribution in [1.82, 2.24) is 10.6 Å². The Morgan fingerprint density at radius 2 is 2.50 bits per heavy atom. The third-order valence-electron chi connectivity index (χ3n) is 2.92. The van der Waals surface area contributed by atoms with Crippen molar-refractivity contribution in [3.8, 4) is 5.75 Å². The van der Waals surface area contributed by atoms with Gasteiger partial charge < -0.3 is 20.1 Å². The SMILES string of the molecule is CC(CNC(=O)C1CNCCO1)Oc1cccc(Cl)c1. The Kier molecular flexibility index (Phi) is 5.64. The molecular formula is C14H19ClN2O3. The molecule has 2 rings (SSSR count). The number of rotatable bonds is 5. The van der Waals surface area contributed by atoms with Crippen LogP contribution in [-0.4, -0.2) is 44.4 Å². The van der Waals surface area contributed by atoms with Crippen LogP contribution in [0.4, 0.5) is 0 Å². The fraction of sp³-hybridized carbons (Fsp3) is 0.500. The van der Waals surface area contributed by atoms with Crippen LogP contribution >= 0.6 is 11.6 Å². The largest absolute Gasteiger partial charge is 0.489 e. The number of nitrogens with one attached hydrogen (secondary N) is 2. The van der Waals surface area contributed by atoms with E-state index in [2.05, 4.69) is 10.6 Å². The molecule has 0 radical (unpaired) electrons. The summed E-state index contributed by atoms with van der Waals surface area (Å²) in [5, 5.41) is 6.57. The summed E-state index contributed by atoms with van der Waals surface area (Å²) in [5.74, 6) is 0.577. The van der Waals surface area contributed by atoms with Crippen molar-refractivity contribution in [3.05, 3.63) is 29.3 Å². The van der Waals surface area contributed by atoms with Gasteiger partial charge in [-0.05, 0) is 25.1 Å². The molecule has 1 saturated heterocycles. The van der Waals surface area contributed by atoms with Crippen LogP contribution in [0.25, 0.3) is 0 Å². The number of carbonyl (C=O) groups excluding carboxylic acids is 1. The molecule has 5 nitrogen and oxygen atoms in total. The molecule has 1 heterocycles. The summed E-state index contributed by atoms with van der Waals surface area (Å²) in [4.78, 5) is 11.9. The van der Waals surface area contributed by atoms with Gasteiger partial charge in [0.2, 0.25) is 0 Å². The Labute approximate surface area is 123 Å². The van der Waals surface area contributed by atoms with E-state index >= 15 is 0 Å². The molecule has 1 aliphatic heterocycles. The number of ether oxygens (including phenoxy) is 2. The first-order valence-electron chi connectivity index (χ1n) is 6.67. The van der Waals surface area contributed by atoms with Gasteiger partial charge >= 0.3 is 0 Å². The molecule has 2 N–H and O–H groups in total. The lowest BCUT2D eigenvalue weighted by Crippen LogP contribution is -2.49. The molecule has 2 atom stereocenters. The molecule has 1 aromatic carbocycles. The van der Waals surface area contributed by atoms with Crippen molar-refractivity contribution >= 4 is 17.5 Å². The zero-order valence-electron chi connectivity index (χ0n) is 11.4. The standard InChI is InChI=1S/C14H19ClN2O3/c1-10(20-12-4-2-3-11(15)7-12)8-17-14(18)13-9-16-5-6-19-13/h2-4,7,10,13,16H,5-6,8-9H2,1H3,(H,17,18). The number of amides is 1. The quantitative estimate of drug-likeness (QED) is 0.858. The predicted octanol–water partition coefficient (Wildman–Crippen LogP) is 1.21. The van der Waals surface area contributed by atoms with Crippen LogP contribution in [0.3, 0.4) is 0 Å². The molecule has 1 fully saturated rings. The fourth-order valence-corrected chi connectivity index (χ4v) is 2.09. The zero-order chi connectivity index (χ0) is 14.4. The summed E-state index contributed by atoms with van der Waals surface area (Å²) < 4.78 is 11.1. The Hall–Kier alpha value is -1.30. The highest BCUT2D eigenvalue weighted by Gasteiger charge is 2.21. The smallest absolute Gasteiger partial charge is 0.250 e. The van der Waals surface area contributed by atoms with Crippen molar-refractivity contribution in [2.45, 2.75) is 19.1 Å². The van der Waals surface area contributed by atoms with E-state index in [4.69, 9.17) is 21.1 Å². The van der Waals surface area contributed by atoms with Crippen LogP contribution in [0.1, 0.15) is 6.92 Å². The number of carbonyl (C=O) groups is 1. The van der Waals surface area contributed by atoms with E-state index in [0.717, 1.165) is 6.54 Å². The normalized spacial score (nSPS) is 20.2. The van der Waals surface area contributed by atoms with Crippen LogP contribution < -0.4 is 15.4 Å². The highest BCUT2D eigenvalue weighted by atomic mass is 35.5. The predicted molar refractivity (Wildman–Crippen MR) is 77.2 cm³/mol. The van der Waals surface area contributed by atoms with Crippen molar-refractivity contribution < 1.29 is 14.3 Å². The van der Waals surface area contributed by atoms with Crippen LogP contribution in [0, 0.1) is 0 Å². The fourth-order valence-electron chi connectivity index (χ4n) is 1.91. The topological polar surface area (TPSA) is 59.6 Å². The van der Waals surface area contributed by atoms with Gasteiger partial charge in [-0.2, -0.15) is 0 Å². The summed E-state index contributed by atoms with van der Waals surface area (Å²) in [6, 6.07) is 7.19. The first-order chi connectivity index (χ1) is 9.65. The number of benzene rings is 1. The minimum absolute atomic E-state index is 0.112. The van der Waals surface area contributed by atoms with Gasteiger partial charge in [-0.1, -0.05) is 17.7 Å². The second-order valence-corrected chi connectivity index (χ2v) is 5.13. The molecule has 1 amide bonds. The van der Waals surface area contributed by atoms with Gasteiger partial charge in [-0.15, -0.1) is 0 Å². The van der Waals surface area contributed by atoms with Crippen molar-refractivity contribution in [2.24, 2.45) is 0 Å². The van der Waals surface area contributed by atoms with Crippen molar-refractivity contribution in [1.29, 1.82) is 0 Å². The average Bonchev–Trinajstić information content (AvgIpc) is 2.46. The third-order valence-corrected chi connectivity index (χ3v) is 3.15. The third kappa shape index (κ3) is 4.67. The van der Waals surface area contributed by atoms with E-state index < -0.39 is 6.10 Å². The molecule has 0 saturated carbocycles. The maximum absolute atomic E-state index is 11.9. The highest BCUT2D eigenvalue weighted by molar-refractivity contribution is 6.30. The Balaban J connectivity index is 1.74. The van der Waals surface area contributed by atoms with Crippen LogP contribution in [0.2, 0.25) is 5.02 Å². The minimum Gasteiger partial charge on any atom is -0.489 e. The molecule has 0 bridgehead atoms. The molecule has 1 aliphatic rings. The Morgan fingerprint density at radius 1 is 1.65 bits per heavy atom. The lowest BCUT2D eigenvalue weighted by Gasteiger charge is -2.23. The number of hydrogen-bond acceptors (Lipinski definition) is 4. The van der Waals surface area contributed by atoms with E-state index in [0.29, 0.717) is 30.5 Å². The van der Waals surface area contributed by atoms with Gasteiger partial charge in [0, 0.05) is 18.1 Å². The second-order valence-electron chi connectivity index (χ2n) is 4.69. The minimum atomic E-state index is -0.415. The van der Waals surface area contributed by atoms with Crippen LogP contribution in [0.15, 0.2) is 24.3 Å². The molecule has 0 aliphatic carbocycles. The maximum atomic E-state index is 11.9. The summed E-state index contributed by atoms with van der Waals surface area (Å²) in [6.45, 7) is 4.21. The molecule has 2 unspecified atom stereocenters. The van der Waals surface area contributed by atoms with Gasteiger partial charge in [0.05, 0.1) is 13.2 Å². The first kappa shape index (κ1) is 15.1. The molecule has 6 heteroatoms. The van der Waals surface area contributed by atoms with E-state index in [9.17, 15) is 4.79 Å². The lowest BCUT2D eigenvalue weighted by molar-refractivity contribution is -0.134. The molecular weight excluding hydrogens is 280 g/mol. The molecule has 0 aromatic heterocycles. The van der Waals surface area contributed by atoms with Gasteiger partial charge in [0.15, 0.2) is 0 Å². The van der Waals surface area contributed by atoms with Gasteiger partial charge in [-0.25, -0.2) is 0 Å². The summed E-state index contributed by atoms with van der Waals surface area (Å²) in [5.41, 5.74) is 0. The second kappa shape index (κ2) is 7.47. The summed E-state index contributed by atoms with van der Waals surface area (Å²) >= 11 is 5.88. The van der Waals surface area contributed by atoms with Gasteiger partial charge in [-0.3, -0.25) is 4.79 Å². The monoisotopic (exact) mass is 298 g/mol. The zero-order valence-corrected chi connectivity index (χ0v) is 12.2. The van der Waals surface area contributed by atoms with E-state index in [1.807, 2.05) is 19.1 Å². The van der Waals surface area contributed by atoms with Crippen molar-refractivity contribution in [2.75, 3.05) is 26.2 Å². The number of halogens is 1. The summed E-state index contributed by atoms with van der Waals surface area (Å²) in [6.07, 6.45) is -0.559. The molecule has 0 spiro atoms. The Bertz CT molecular complexity index is 450. The van der Waals surface area contributed by atoms with Gasteiger partial charge in [0.25, 0.3) is 5.91 Å². The lowest BCUT2D eigenvalue weighted by atomic mass is 10.2. The van der Waals surface area contributed by atoms with Crippen molar-refractivity contribution in [3.63, 3.8) is 0 Å².